The Morgan fingerprint density at radius 3 is 2.93 bits per heavy atom. The van der Waals surface area contributed by atoms with Crippen molar-refractivity contribution < 1.29 is 14.3 Å². The molecule has 6 nitrogen and oxygen atoms in total. The molecule has 0 fully saturated rings. The van der Waals surface area contributed by atoms with Crippen molar-refractivity contribution in [2.45, 2.75) is 26.5 Å². The van der Waals surface area contributed by atoms with E-state index in [-0.39, 0.29) is 24.5 Å². The SMILES string of the molecule is Cc1c([C@@H](C)N(C)C(=O)C=Cc2cnc3c(c2)COCC(=O)N3)sc2ccccc12. The summed E-state index contributed by atoms with van der Waals surface area (Å²) >= 11 is 1.73. The van der Waals surface area contributed by atoms with Gasteiger partial charge in [-0.05, 0) is 48.6 Å². The predicted molar refractivity (Wildman–Crippen MR) is 119 cm³/mol. The van der Waals surface area contributed by atoms with Crippen molar-refractivity contribution in [2.24, 2.45) is 0 Å². The first-order valence-corrected chi connectivity index (χ1v) is 10.5. The van der Waals surface area contributed by atoms with Crippen LogP contribution in [0, 0.1) is 6.92 Å². The Morgan fingerprint density at radius 2 is 2.13 bits per heavy atom. The number of nitrogens with zero attached hydrogens (tertiary/aromatic N) is 2. The van der Waals surface area contributed by atoms with E-state index in [0.717, 1.165) is 11.1 Å². The highest BCUT2D eigenvalue weighted by molar-refractivity contribution is 7.19. The van der Waals surface area contributed by atoms with Crippen LogP contribution in [-0.4, -0.2) is 35.4 Å². The Balaban J connectivity index is 1.50. The number of amides is 2. The number of hydrogen-bond donors (Lipinski definition) is 1. The van der Waals surface area contributed by atoms with E-state index in [1.54, 1.807) is 34.6 Å². The van der Waals surface area contributed by atoms with Crippen LogP contribution < -0.4 is 5.32 Å². The minimum atomic E-state index is -0.216. The van der Waals surface area contributed by atoms with Gasteiger partial charge in [-0.3, -0.25) is 9.59 Å². The lowest BCUT2D eigenvalue weighted by molar-refractivity contribution is -0.126. The minimum Gasteiger partial charge on any atom is -0.367 e. The summed E-state index contributed by atoms with van der Waals surface area (Å²) in [6, 6.07) is 10.2. The van der Waals surface area contributed by atoms with Crippen molar-refractivity contribution in [2.75, 3.05) is 19.0 Å². The van der Waals surface area contributed by atoms with Gasteiger partial charge in [0.15, 0.2) is 0 Å². The van der Waals surface area contributed by atoms with E-state index in [1.807, 2.05) is 32.2 Å². The Labute approximate surface area is 179 Å². The number of nitrogens with one attached hydrogen (secondary N) is 1. The molecule has 1 aliphatic heterocycles. The number of ether oxygens (including phenoxy) is 1. The van der Waals surface area contributed by atoms with Gasteiger partial charge in [0, 0.05) is 34.5 Å². The van der Waals surface area contributed by atoms with Gasteiger partial charge in [0.05, 0.1) is 12.6 Å². The Kier molecular flexibility index (Phi) is 5.65. The van der Waals surface area contributed by atoms with Gasteiger partial charge >= 0.3 is 0 Å². The zero-order valence-corrected chi connectivity index (χ0v) is 18.0. The van der Waals surface area contributed by atoms with Crippen LogP contribution in [0.1, 0.15) is 34.5 Å². The fraction of sp³-hybridized carbons (Fsp3) is 0.261. The number of likely N-dealkylation sites (N-methyl/N-ethyl adjacent to an activating group) is 1. The van der Waals surface area contributed by atoms with Crippen molar-refractivity contribution in [3.05, 3.63) is 64.2 Å². The number of hydrogen-bond acceptors (Lipinski definition) is 5. The van der Waals surface area contributed by atoms with E-state index in [0.29, 0.717) is 12.4 Å². The molecule has 0 saturated heterocycles. The van der Waals surface area contributed by atoms with Crippen molar-refractivity contribution in [3.63, 3.8) is 0 Å². The predicted octanol–water partition coefficient (Wildman–Crippen LogP) is 4.31. The molecular weight excluding hydrogens is 398 g/mol. The molecule has 1 aliphatic rings. The van der Waals surface area contributed by atoms with Crippen LogP contribution in [0.2, 0.25) is 0 Å². The van der Waals surface area contributed by atoms with E-state index in [4.69, 9.17) is 4.74 Å². The minimum absolute atomic E-state index is 0.0137. The first-order valence-electron chi connectivity index (χ1n) is 9.73. The molecule has 7 heteroatoms. The molecule has 3 heterocycles. The van der Waals surface area contributed by atoms with Crippen molar-refractivity contribution in [1.82, 2.24) is 9.88 Å². The third-order valence-corrected chi connectivity index (χ3v) is 6.79. The quantitative estimate of drug-likeness (QED) is 0.638. The fourth-order valence-electron chi connectivity index (χ4n) is 3.51. The molecule has 4 rings (SSSR count). The van der Waals surface area contributed by atoms with Crippen LogP contribution in [0.4, 0.5) is 5.82 Å². The maximum atomic E-state index is 12.8. The highest BCUT2D eigenvalue weighted by atomic mass is 32.1. The van der Waals surface area contributed by atoms with E-state index >= 15 is 0 Å². The standard InChI is InChI=1S/C23H23N3O3S/c1-14-18-6-4-5-7-19(18)30-22(14)15(2)26(3)21(28)9-8-16-10-17-12-29-13-20(27)25-23(17)24-11-16/h4-11,15H,12-13H2,1-3H3,(H,24,25,27)/t15-/m1/s1. The third kappa shape index (κ3) is 3.99. The molecule has 154 valence electrons. The van der Waals surface area contributed by atoms with Crippen LogP contribution in [0.3, 0.4) is 0 Å². The van der Waals surface area contributed by atoms with E-state index < -0.39 is 0 Å². The molecule has 0 unspecified atom stereocenters. The fourth-order valence-corrected chi connectivity index (χ4v) is 4.81. The molecule has 1 N–H and O–H groups in total. The molecule has 3 aromatic rings. The maximum absolute atomic E-state index is 12.8. The first-order chi connectivity index (χ1) is 14.4. The molecule has 1 atom stereocenters. The summed E-state index contributed by atoms with van der Waals surface area (Å²) < 4.78 is 6.55. The average molecular weight is 422 g/mol. The highest BCUT2D eigenvalue weighted by Gasteiger charge is 2.21. The Hall–Kier alpha value is -3.03. The topological polar surface area (TPSA) is 71.5 Å². The third-order valence-electron chi connectivity index (χ3n) is 5.34. The molecule has 0 saturated carbocycles. The molecule has 0 radical (unpaired) electrons. The molecule has 2 amide bonds. The van der Waals surface area contributed by atoms with E-state index in [1.165, 1.54) is 20.5 Å². The molecule has 30 heavy (non-hydrogen) atoms. The molecular formula is C23H23N3O3S. The number of pyridine rings is 1. The van der Waals surface area contributed by atoms with Crippen LogP contribution >= 0.6 is 11.3 Å². The monoisotopic (exact) mass is 421 g/mol. The number of thiophene rings is 1. The van der Waals surface area contributed by atoms with Gasteiger partial charge in [0.1, 0.15) is 12.4 Å². The lowest BCUT2D eigenvalue weighted by atomic mass is 10.1. The van der Waals surface area contributed by atoms with Gasteiger partial charge in [-0.1, -0.05) is 18.2 Å². The van der Waals surface area contributed by atoms with Gasteiger partial charge < -0.3 is 15.0 Å². The number of carbonyl (C=O) groups excluding carboxylic acids is 2. The summed E-state index contributed by atoms with van der Waals surface area (Å²) in [4.78, 5) is 31.6. The zero-order chi connectivity index (χ0) is 21.3. The summed E-state index contributed by atoms with van der Waals surface area (Å²) in [5, 5.41) is 3.95. The Bertz CT molecular complexity index is 1150. The van der Waals surface area contributed by atoms with Crippen LogP contribution in [0.15, 0.2) is 42.6 Å². The smallest absolute Gasteiger partial charge is 0.251 e. The second-order valence-electron chi connectivity index (χ2n) is 7.36. The van der Waals surface area contributed by atoms with Crippen molar-refractivity contribution in [3.8, 4) is 0 Å². The first kappa shape index (κ1) is 20.3. The van der Waals surface area contributed by atoms with Crippen LogP contribution in [0.25, 0.3) is 16.2 Å². The van der Waals surface area contributed by atoms with Gasteiger partial charge in [0.2, 0.25) is 5.91 Å². The van der Waals surface area contributed by atoms with Gasteiger partial charge in [-0.2, -0.15) is 0 Å². The lowest BCUT2D eigenvalue weighted by Gasteiger charge is -2.23. The molecule has 0 bridgehead atoms. The summed E-state index contributed by atoms with van der Waals surface area (Å²) in [6.45, 7) is 4.48. The van der Waals surface area contributed by atoms with Crippen LogP contribution in [0.5, 0.6) is 0 Å². The number of benzene rings is 1. The van der Waals surface area contributed by atoms with Crippen LogP contribution in [-0.2, 0) is 20.9 Å². The summed E-state index contributed by atoms with van der Waals surface area (Å²) in [5.74, 6) is 0.206. The lowest BCUT2D eigenvalue weighted by Crippen LogP contribution is -2.27. The Morgan fingerprint density at radius 1 is 1.33 bits per heavy atom. The average Bonchev–Trinajstić information content (AvgIpc) is 2.96. The second kappa shape index (κ2) is 8.38. The number of aromatic nitrogens is 1. The highest BCUT2D eigenvalue weighted by Crippen LogP contribution is 2.36. The number of aryl methyl sites for hydroxylation is 1. The molecule has 0 spiro atoms. The van der Waals surface area contributed by atoms with Crippen molar-refractivity contribution in [1.29, 1.82) is 0 Å². The largest absolute Gasteiger partial charge is 0.367 e. The van der Waals surface area contributed by atoms with E-state index in [2.05, 4.69) is 29.4 Å². The summed E-state index contributed by atoms with van der Waals surface area (Å²) in [5.41, 5.74) is 2.79. The summed E-state index contributed by atoms with van der Waals surface area (Å²) in [7, 11) is 1.82. The van der Waals surface area contributed by atoms with Gasteiger partial charge in [-0.25, -0.2) is 4.98 Å². The number of carbonyl (C=O) groups is 2. The number of fused-ring (bicyclic) bond motifs is 2. The van der Waals surface area contributed by atoms with Gasteiger partial charge in [-0.15, -0.1) is 11.3 Å². The molecule has 2 aromatic heterocycles. The van der Waals surface area contributed by atoms with Gasteiger partial charge in [0.25, 0.3) is 5.91 Å². The molecule has 1 aromatic carbocycles. The summed E-state index contributed by atoms with van der Waals surface area (Å²) in [6.07, 6.45) is 4.93. The maximum Gasteiger partial charge on any atom is 0.251 e. The zero-order valence-electron chi connectivity index (χ0n) is 17.1. The second-order valence-corrected chi connectivity index (χ2v) is 8.45. The van der Waals surface area contributed by atoms with Crippen molar-refractivity contribution >= 4 is 45.1 Å². The molecule has 0 aliphatic carbocycles. The van der Waals surface area contributed by atoms with E-state index in [9.17, 15) is 9.59 Å². The normalized spacial score (nSPS) is 15.0. The number of anilines is 1. The number of rotatable bonds is 4.